The SMILES string of the molecule is N#Cc1ccc2[nH]c(-c3cc(-c4ccc(Cl)cc4)ccc3O)cc2c1. The number of benzene rings is 3. The fourth-order valence-corrected chi connectivity index (χ4v) is 3.05. The molecule has 1 heterocycles. The van der Waals surface area contributed by atoms with Crippen molar-refractivity contribution in [3.05, 3.63) is 77.3 Å². The Hall–Kier alpha value is -3.22. The van der Waals surface area contributed by atoms with Gasteiger partial charge in [0, 0.05) is 21.5 Å². The number of nitriles is 1. The molecule has 0 saturated heterocycles. The zero-order valence-electron chi connectivity index (χ0n) is 13.1. The molecule has 25 heavy (non-hydrogen) atoms. The lowest BCUT2D eigenvalue weighted by atomic mass is 10.0. The molecule has 0 bridgehead atoms. The van der Waals surface area contributed by atoms with E-state index >= 15 is 0 Å². The van der Waals surface area contributed by atoms with Crippen LogP contribution in [0.5, 0.6) is 5.75 Å². The van der Waals surface area contributed by atoms with Gasteiger partial charge in [-0.15, -0.1) is 0 Å². The highest BCUT2D eigenvalue weighted by Gasteiger charge is 2.10. The summed E-state index contributed by atoms with van der Waals surface area (Å²) in [6, 6.07) is 22.6. The maximum absolute atomic E-state index is 10.3. The summed E-state index contributed by atoms with van der Waals surface area (Å²) in [4.78, 5) is 3.30. The van der Waals surface area contributed by atoms with Crippen LogP contribution in [-0.2, 0) is 0 Å². The third-order valence-electron chi connectivity index (χ3n) is 4.21. The molecule has 3 aromatic carbocycles. The molecule has 4 rings (SSSR count). The Labute approximate surface area is 149 Å². The Bertz CT molecular complexity index is 1120. The molecule has 0 unspecified atom stereocenters. The molecule has 0 saturated carbocycles. The molecule has 0 fully saturated rings. The summed E-state index contributed by atoms with van der Waals surface area (Å²) >= 11 is 5.95. The van der Waals surface area contributed by atoms with Crippen molar-refractivity contribution in [2.24, 2.45) is 0 Å². The molecule has 3 nitrogen and oxygen atoms in total. The van der Waals surface area contributed by atoms with Crippen LogP contribution in [0.4, 0.5) is 0 Å². The van der Waals surface area contributed by atoms with E-state index in [1.54, 1.807) is 12.1 Å². The minimum absolute atomic E-state index is 0.199. The molecule has 1 aromatic heterocycles. The number of halogens is 1. The number of aromatic hydroxyl groups is 1. The van der Waals surface area contributed by atoms with Crippen molar-refractivity contribution in [3.8, 4) is 34.2 Å². The van der Waals surface area contributed by atoms with E-state index in [9.17, 15) is 5.11 Å². The zero-order valence-corrected chi connectivity index (χ0v) is 13.9. The predicted octanol–water partition coefficient (Wildman–Crippen LogP) is 5.73. The first-order valence-corrected chi connectivity index (χ1v) is 8.14. The standard InChI is InChI=1S/C21H13ClN2O/c22-17-5-2-14(3-6-17)15-4-8-21(25)18(10-15)20-11-16-9-13(12-23)1-7-19(16)24-20/h1-11,24-25H. The third kappa shape index (κ3) is 2.84. The van der Waals surface area contributed by atoms with Crippen LogP contribution in [0.3, 0.4) is 0 Å². The van der Waals surface area contributed by atoms with Crippen LogP contribution in [-0.4, -0.2) is 10.1 Å². The Kier molecular flexibility index (Phi) is 3.68. The van der Waals surface area contributed by atoms with Crippen LogP contribution >= 0.6 is 11.6 Å². The van der Waals surface area contributed by atoms with Gasteiger partial charge in [-0.3, -0.25) is 0 Å². The van der Waals surface area contributed by atoms with Gasteiger partial charge >= 0.3 is 0 Å². The van der Waals surface area contributed by atoms with E-state index in [-0.39, 0.29) is 5.75 Å². The highest BCUT2D eigenvalue weighted by molar-refractivity contribution is 6.30. The highest BCUT2D eigenvalue weighted by atomic mass is 35.5. The van der Waals surface area contributed by atoms with Crippen molar-refractivity contribution in [3.63, 3.8) is 0 Å². The molecule has 0 amide bonds. The predicted molar refractivity (Wildman–Crippen MR) is 101 cm³/mol. The first-order chi connectivity index (χ1) is 12.1. The van der Waals surface area contributed by atoms with Crippen LogP contribution < -0.4 is 0 Å². The lowest BCUT2D eigenvalue weighted by Gasteiger charge is -2.07. The second-order valence-corrected chi connectivity index (χ2v) is 6.27. The fourth-order valence-electron chi connectivity index (χ4n) is 2.92. The maximum Gasteiger partial charge on any atom is 0.124 e. The average Bonchev–Trinajstić information content (AvgIpc) is 3.05. The van der Waals surface area contributed by atoms with Crippen molar-refractivity contribution in [2.75, 3.05) is 0 Å². The smallest absolute Gasteiger partial charge is 0.124 e. The molecule has 0 aliphatic rings. The second-order valence-electron chi connectivity index (χ2n) is 5.84. The average molecular weight is 345 g/mol. The van der Waals surface area contributed by atoms with E-state index in [0.29, 0.717) is 16.1 Å². The first kappa shape index (κ1) is 15.3. The first-order valence-electron chi connectivity index (χ1n) is 7.76. The van der Waals surface area contributed by atoms with Crippen LogP contribution in [0.2, 0.25) is 5.02 Å². The quantitative estimate of drug-likeness (QED) is 0.487. The number of fused-ring (bicyclic) bond motifs is 1. The number of aromatic amines is 1. The number of nitrogens with one attached hydrogen (secondary N) is 1. The van der Waals surface area contributed by atoms with Crippen molar-refractivity contribution in [1.29, 1.82) is 5.26 Å². The number of hydrogen-bond donors (Lipinski definition) is 2. The normalized spacial score (nSPS) is 10.7. The molecule has 2 N–H and O–H groups in total. The molecule has 0 spiro atoms. The van der Waals surface area contributed by atoms with Gasteiger partial charge in [-0.2, -0.15) is 5.26 Å². The van der Waals surface area contributed by atoms with E-state index in [2.05, 4.69) is 11.1 Å². The highest BCUT2D eigenvalue weighted by Crippen LogP contribution is 2.35. The summed E-state index contributed by atoms with van der Waals surface area (Å²) in [5.74, 6) is 0.199. The van der Waals surface area contributed by atoms with Crippen LogP contribution in [0, 0.1) is 11.3 Å². The number of aromatic nitrogens is 1. The summed E-state index contributed by atoms with van der Waals surface area (Å²) < 4.78 is 0. The van der Waals surface area contributed by atoms with E-state index in [0.717, 1.165) is 27.7 Å². The largest absolute Gasteiger partial charge is 0.507 e. The number of phenolic OH excluding ortho intramolecular Hbond substituents is 1. The van der Waals surface area contributed by atoms with Crippen LogP contribution in [0.25, 0.3) is 33.3 Å². The number of hydrogen-bond acceptors (Lipinski definition) is 2. The van der Waals surface area contributed by atoms with Gasteiger partial charge < -0.3 is 10.1 Å². The van der Waals surface area contributed by atoms with Gasteiger partial charge in [-0.25, -0.2) is 0 Å². The lowest BCUT2D eigenvalue weighted by Crippen LogP contribution is -1.83. The second kappa shape index (κ2) is 6.01. The summed E-state index contributed by atoms with van der Waals surface area (Å²) in [7, 11) is 0. The Balaban J connectivity index is 1.83. The summed E-state index contributed by atoms with van der Waals surface area (Å²) in [5.41, 5.74) is 5.05. The fraction of sp³-hybridized carbons (Fsp3) is 0. The van der Waals surface area contributed by atoms with Gasteiger partial charge in [0.15, 0.2) is 0 Å². The van der Waals surface area contributed by atoms with E-state index in [1.807, 2.05) is 54.6 Å². The minimum Gasteiger partial charge on any atom is -0.507 e. The summed E-state index contributed by atoms with van der Waals surface area (Å²) in [6.45, 7) is 0. The van der Waals surface area contributed by atoms with Crippen LogP contribution in [0.15, 0.2) is 66.7 Å². The monoisotopic (exact) mass is 344 g/mol. The number of rotatable bonds is 2. The van der Waals surface area contributed by atoms with Crippen molar-refractivity contribution in [2.45, 2.75) is 0 Å². The molecule has 120 valence electrons. The molecular formula is C21H13ClN2O. The third-order valence-corrected chi connectivity index (χ3v) is 4.47. The van der Waals surface area contributed by atoms with Crippen LogP contribution in [0.1, 0.15) is 5.56 Å². The van der Waals surface area contributed by atoms with E-state index < -0.39 is 0 Å². The van der Waals surface area contributed by atoms with Gasteiger partial charge in [0.05, 0.1) is 17.3 Å². The van der Waals surface area contributed by atoms with Crippen molar-refractivity contribution >= 4 is 22.5 Å². The lowest BCUT2D eigenvalue weighted by molar-refractivity contribution is 0.477. The van der Waals surface area contributed by atoms with E-state index in [4.69, 9.17) is 16.9 Å². The number of phenols is 1. The van der Waals surface area contributed by atoms with Gasteiger partial charge in [-0.05, 0) is 59.7 Å². The molecular weight excluding hydrogens is 332 g/mol. The Morgan fingerprint density at radius 3 is 2.40 bits per heavy atom. The Morgan fingerprint density at radius 1 is 0.880 bits per heavy atom. The van der Waals surface area contributed by atoms with Crippen molar-refractivity contribution in [1.82, 2.24) is 4.98 Å². The summed E-state index contributed by atoms with van der Waals surface area (Å²) in [5, 5.41) is 21.0. The molecule has 0 atom stereocenters. The van der Waals surface area contributed by atoms with Crippen molar-refractivity contribution < 1.29 is 5.11 Å². The number of H-pyrrole nitrogens is 1. The molecule has 0 radical (unpaired) electrons. The van der Waals surface area contributed by atoms with Gasteiger partial charge in [-0.1, -0.05) is 29.8 Å². The molecule has 4 heteroatoms. The Morgan fingerprint density at radius 2 is 1.64 bits per heavy atom. The molecule has 4 aromatic rings. The van der Waals surface area contributed by atoms with Gasteiger partial charge in [0.1, 0.15) is 5.75 Å². The van der Waals surface area contributed by atoms with Gasteiger partial charge in [0.25, 0.3) is 0 Å². The topological polar surface area (TPSA) is 59.8 Å². The van der Waals surface area contributed by atoms with Gasteiger partial charge in [0.2, 0.25) is 0 Å². The van der Waals surface area contributed by atoms with E-state index in [1.165, 1.54) is 0 Å². The number of nitrogens with zero attached hydrogens (tertiary/aromatic N) is 1. The summed E-state index contributed by atoms with van der Waals surface area (Å²) in [6.07, 6.45) is 0. The zero-order chi connectivity index (χ0) is 17.4. The molecule has 0 aliphatic carbocycles. The molecule has 0 aliphatic heterocycles. The minimum atomic E-state index is 0.199. The maximum atomic E-state index is 10.3.